The number of nitrogens with zero attached hydrogens (tertiary/aromatic N) is 2. The molecule has 0 fully saturated rings. The van der Waals surface area contributed by atoms with Crippen LogP contribution in [0.3, 0.4) is 0 Å². The quantitative estimate of drug-likeness (QED) is 0.512. The van der Waals surface area contributed by atoms with Gasteiger partial charge in [0, 0.05) is 28.6 Å². The molecule has 1 aromatic heterocycles. The Morgan fingerprint density at radius 3 is 2.85 bits per heavy atom. The monoisotopic (exact) mass is 373 g/mol. The minimum atomic E-state index is -0.751. The number of aliphatic imine (C=N–C) groups is 1. The number of phenols is 1. The van der Waals surface area contributed by atoms with Crippen molar-refractivity contribution in [1.29, 1.82) is 0 Å². The number of hydrogen-bond donors (Lipinski definition) is 4. The Hall–Kier alpha value is -3.39. The summed E-state index contributed by atoms with van der Waals surface area (Å²) in [6, 6.07) is 10.3. The van der Waals surface area contributed by atoms with Crippen LogP contribution in [0.1, 0.15) is 15.9 Å². The number of anilines is 2. The first kappa shape index (κ1) is 17.4. The Balaban J connectivity index is 1.92. The van der Waals surface area contributed by atoms with E-state index in [1.165, 1.54) is 18.3 Å². The summed E-state index contributed by atoms with van der Waals surface area (Å²) < 4.78 is 13.0. The lowest BCUT2D eigenvalue weighted by Crippen LogP contribution is -2.12. The van der Waals surface area contributed by atoms with Gasteiger partial charge in [-0.2, -0.15) is 5.10 Å². The molecule has 0 bridgehead atoms. The zero-order chi connectivity index (χ0) is 18.7. The summed E-state index contributed by atoms with van der Waals surface area (Å²) in [7, 11) is 0. The van der Waals surface area contributed by atoms with E-state index in [2.05, 4.69) is 20.5 Å². The van der Waals surface area contributed by atoms with E-state index in [9.17, 15) is 14.3 Å². The topological polar surface area (TPSA) is 116 Å². The molecule has 7 nitrogen and oxygen atoms in total. The molecule has 0 unspecified atom stereocenters. The highest BCUT2D eigenvalue weighted by atomic mass is 35.5. The van der Waals surface area contributed by atoms with Crippen molar-refractivity contribution >= 4 is 41.0 Å². The Bertz CT molecular complexity index is 1000. The molecule has 0 aliphatic heterocycles. The Labute approximate surface area is 152 Å². The van der Waals surface area contributed by atoms with Crippen molar-refractivity contribution in [1.82, 2.24) is 10.2 Å². The number of carbonyl (C=O) groups is 1. The van der Waals surface area contributed by atoms with Crippen molar-refractivity contribution in [2.24, 2.45) is 10.7 Å². The molecule has 5 N–H and O–H groups in total. The van der Waals surface area contributed by atoms with Crippen LogP contribution in [-0.2, 0) is 0 Å². The summed E-state index contributed by atoms with van der Waals surface area (Å²) in [5.74, 6) is -1.35. The summed E-state index contributed by atoms with van der Waals surface area (Å²) in [5, 5.41) is 19.8. The molecule has 0 saturated carbocycles. The lowest BCUT2D eigenvalue weighted by Gasteiger charge is -2.05. The number of phenolic OH excluding ortho intramolecular Hbond substituents is 1. The van der Waals surface area contributed by atoms with E-state index in [1.807, 2.05) is 0 Å². The van der Waals surface area contributed by atoms with Gasteiger partial charge in [0.15, 0.2) is 5.82 Å². The second-order valence-electron chi connectivity index (χ2n) is 5.26. The maximum Gasteiger partial charge on any atom is 0.256 e. The Kier molecular flexibility index (Phi) is 4.85. The van der Waals surface area contributed by atoms with E-state index in [-0.39, 0.29) is 28.5 Å². The first-order chi connectivity index (χ1) is 12.4. The summed E-state index contributed by atoms with van der Waals surface area (Å²) in [5.41, 5.74) is 6.33. The second kappa shape index (κ2) is 7.24. The number of nitrogens with two attached hydrogens (primary N) is 1. The zero-order valence-electron chi connectivity index (χ0n) is 13.2. The number of aromatic nitrogens is 2. The number of amides is 1. The lowest BCUT2D eigenvalue weighted by molar-refractivity contribution is 0.100. The molecular weight excluding hydrogens is 361 g/mol. The minimum Gasteiger partial charge on any atom is -0.507 e. The average Bonchev–Trinajstić information content (AvgIpc) is 2.97. The van der Waals surface area contributed by atoms with Crippen LogP contribution in [0.25, 0.3) is 0 Å². The van der Waals surface area contributed by atoms with Gasteiger partial charge in [0.25, 0.3) is 5.91 Å². The molecule has 9 heteroatoms. The fraction of sp³-hybridized carbons (Fsp3) is 0. The van der Waals surface area contributed by atoms with Crippen LogP contribution in [0.2, 0.25) is 5.02 Å². The number of rotatable bonds is 5. The van der Waals surface area contributed by atoms with Gasteiger partial charge in [-0.1, -0.05) is 17.7 Å². The molecule has 3 rings (SSSR count). The van der Waals surface area contributed by atoms with Gasteiger partial charge in [0.05, 0.1) is 0 Å². The number of primary amides is 1. The van der Waals surface area contributed by atoms with Gasteiger partial charge in [-0.25, -0.2) is 9.38 Å². The molecule has 0 aliphatic carbocycles. The van der Waals surface area contributed by atoms with Gasteiger partial charge in [0.2, 0.25) is 0 Å². The van der Waals surface area contributed by atoms with Gasteiger partial charge < -0.3 is 16.2 Å². The molecule has 132 valence electrons. The lowest BCUT2D eigenvalue weighted by atomic mass is 10.2. The third kappa shape index (κ3) is 3.81. The predicted molar refractivity (Wildman–Crippen MR) is 97.2 cm³/mol. The molecule has 0 saturated heterocycles. The summed E-state index contributed by atoms with van der Waals surface area (Å²) in [4.78, 5) is 15.9. The number of aromatic hydroxyl groups is 1. The predicted octanol–water partition coefficient (Wildman–Crippen LogP) is 3.50. The third-order valence-electron chi connectivity index (χ3n) is 3.41. The highest BCUT2D eigenvalue weighted by Gasteiger charge is 2.18. The smallest absolute Gasteiger partial charge is 0.256 e. The van der Waals surface area contributed by atoms with E-state index in [1.54, 1.807) is 24.3 Å². The van der Waals surface area contributed by atoms with Gasteiger partial charge in [0.1, 0.15) is 22.9 Å². The third-order valence-corrected chi connectivity index (χ3v) is 3.64. The van der Waals surface area contributed by atoms with E-state index in [0.717, 1.165) is 6.07 Å². The van der Waals surface area contributed by atoms with Crippen molar-refractivity contribution in [3.63, 3.8) is 0 Å². The van der Waals surface area contributed by atoms with Crippen LogP contribution in [0, 0.1) is 5.82 Å². The van der Waals surface area contributed by atoms with Crippen molar-refractivity contribution < 1.29 is 14.3 Å². The molecular formula is C17H13ClFN5O2. The Morgan fingerprint density at radius 1 is 1.35 bits per heavy atom. The zero-order valence-corrected chi connectivity index (χ0v) is 14.0. The maximum absolute atomic E-state index is 13.0. The van der Waals surface area contributed by atoms with Crippen LogP contribution in [0.4, 0.5) is 21.7 Å². The summed E-state index contributed by atoms with van der Waals surface area (Å²) in [6.45, 7) is 0. The van der Waals surface area contributed by atoms with Crippen LogP contribution in [0.5, 0.6) is 5.75 Å². The van der Waals surface area contributed by atoms with Crippen LogP contribution < -0.4 is 11.1 Å². The summed E-state index contributed by atoms with van der Waals surface area (Å²) in [6.07, 6.45) is 1.25. The number of nitrogens with one attached hydrogen (secondary N) is 2. The molecule has 1 heterocycles. The number of H-pyrrole nitrogens is 1. The molecule has 0 atom stereocenters. The van der Waals surface area contributed by atoms with Crippen LogP contribution in [0.15, 0.2) is 47.5 Å². The first-order valence-electron chi connectivity index (χ1n) is 7.37. The van der Waals surface area contributed by atoms with Crippen molar-refractivity contribution in [2.75, 3.05) is 5.32 Å². The number of halogens is 2. The molecule has 0 radical (unpaired) electrons. The molecule has 0 aliphatic rings. The molecule has 26 heavy (non-hydrogen) atoms. The fourth-order valence-electron chi connectivity index (χ4n) is 2.22. The van der Waals surface area contributed by atoms with Gasteiger partial charge in [-0.05, 0) is 30.3 Å². The number of benzene rings is 2. The molecule has 0 spiro atoms. The normalized spacial score (nSPS) is 11.0. The first-order valence-corrected chi connectivity index (χ1v) is 7.75. The molecule has 2 aromatic carbocycles. The molecule has 3 aromatic rings. The highest BCUT2D eigenvalue weighted by Crippen LogP contribution is 2.27. The van der Waals surface area contributed by atoms with Crippen LogP contribution in [-0.4, -0.2) is 27.4 Å². The largest absolute Gasteiger partial charge is 0.507 e. The fourth-order valence-corrected chi connectivity index (χ4v) is 2.41. The number of hydrogen-bond acceptors (Lipinski definition) is 5. The van der Waals surface area contributed by atoms with Gasteiger partial charge >= 0.3 is 0 Å². The SMILES string of the molecule is NC(=O)c1c(N=Cc2ccc(F)cc2O)n[nH]c1Nc1cccc(Cl)c1. The van der Waals surface area contributed by atoms with Gasteiger partial charge in [-0.15, -0.1) is 0 Å². The highest BCUT2D eigenvalue weighted by molar-refractivity contribution is 6.30. The Morgan fingerprint density at radius 2 is 2.15 bits per heavy atom. The van der Waals surface area contributed by atoms with Crippen molar-refractivity contribution in [3.05, 3.63) is 64.4 Å². The summed E-state index contributed by atoms with van der Waals surface area (Å²) >= 11 is 5.93. The van der Waals surface area contributed by atoms with E-state index in [0.29, 0.717) is 10.7 Å². The minimum absolute atomic E-state index is 0.0192. The second-order valence-corrected chi connectivity index (χ2v) is 5.69. The number of aromatic amines is 1. The molecule has 1 amide bonds. The van der Waals surface area contributed by atoms with E-state index >= 15 is 0 Å². The maximum atomic E-state index is 13.0. The van der Waals surface area contributed by atoms with Crippen molar-refractivity contribution in [2.45, 2.75) is 0 Å². The van der Waals surface area contributed by atoms with E-state index in [4.69, 9.17) is 17.3 Å². The van der Waals surface area contributed by atoms with Crippen molar-refractivity contribution in [3.8, 4) is 5.75 Å². The average molecular weight is 374 g/mol. The number of carbonyl (C=O) groups excluding carboxylic acids is 1. The van der Waals surface area contributed by atoms with Gasteiger partial charge in [-0.3, -0.25) is 9.89 Å². The van der Waals surface area contributed by atoms with E-state index < -0.39 is 11.7 Å². The van der Waals surface area contributed by atoms with Crippen LogP contribution >= 0.6 is 11.6 Å². The standard InChI is InChI=1S/C17H13ClFN5O2/c18-10-2-1-3-12(6-10)22-17-14(15(20)26)16(23-24-17)21-8-9-4-5-11(19)7-13(9)25/h1-8,25H,(H2,20,26)(H2,22,23,24).